The van der Waals surface area contributed by atoms with E-state index in [1.165, 1.54) is 24.3 Å². The molecule has 8 heteroatoms. The van der Waals surface area contributed by atoms with Gasteiger partial charge in [0.25, 0.3) is 0 Å². The molecule has 0 fully saturated rings. The van der Waals surface area contributed by atoms with E-state index in [-0.39, 0.29) is 5.82 Å². The summed E-state index contributed by atoms with van der Waals surface area (Å²) in [5.74, 6) is 0.178. The lowest BCUT2D eigenvalue weighted by Gasteiger charge is -2.11. The minimum Gasteiger partial charge on any atom is -0.228 e. The van der Waals surface area contributed by atoms with Crippen LogP contribution in [0.2, 0.25) is 0 Å². The van der Waals surface area contributed by atoms with Crippen LogP contribution in [-0.2, 0) is 12.4 Å². The molecule has 4 aromatic rings. The summed E-state index contributed by atoms with van der Waals surface area (Å²) in [5.41, 5.74) is 0.140. The second-order valence-corrected chi connectivity index (χ2v) is 6.56. The van der Waals surface area contributed by atoms with Gasteiger partial charge in [-0.3, -0.25) is 0 Å². The Bertz CT molecular complexity index is 1190. The first kappa shape index (κ1) is 19.9. The average Bonchev–Trinajstić information content (AvgIpc) is 2.72. The summed E-state index contributed by atoms with van der Waals surface area (Å²) < 4.78 is 77.1. The molecule has 3 aromatic carbocycles. The van der Waals surface area contributed by atoms with Crippen LogP contribution in [0.3, 0.4) is 0 Å². The molecule has 0 saturated carbocycles. The molecule has 0 atom stereocenters. The molecule has 0 unspecified atom stereocenters. The first-order chi connectivity index (χ1) is 14.1. The summed E-state index contributed by atoms with van der Waals surface area (Å²) in [6.45, 7) is 0. The molecular weight excluding hydrogens is 406 g/mol. The Morgan fingerprint density at radius 2 is 1.03 bits per heavy atom. The lowest BCUT2D eigenvalue weighted by Crippen LogP contribution is -2.04. The van der Waals surface area contributed by atoms with E-state index in [0.29, 0.717) is 27.7 Å². The van der Waals surface area contributed by atoms with E-state index in [1.54, 1.807) is 24.3 Å². The molecule has 0 aliphatic carbocycles. The molecular formula is C22H12F6N2. The van der Waals surface area contributed by atoms with Crippen molar-refractivity contribution in [1.82, 2.24) is 9.97 Å². The van der Waals surface area contributed by atoms with Crippen LogP contribution in [0, 0.1) is 0 Å². The summed E-state index contributed by atoms with van der Waals surface area (Å²) in [6, 6.07) is 15.9. The van der Waals surface area contributed by atoms with E-state index in [0.717, 1.165) is 24.3 Å². The topological polar surface area (TPSA) is 25.8 Å². The smallest absolute Gasteiger partial charge is 0.228 e. The summed E-state index contributed by atoms with van der Waals surface area (Å²) in [7, 11) is 0. The number of benzene rings is 3. The Balaban J connectivity index is 1.84. The number of fused-ring (bicyclic) bond motifs is 1. The van der Waals surface area contributed by atoms with Gasteiger partial charge in [0.1, 0.15) is 0 Å². The molecule has 0 aliphatic heterocycles. The van der Waals surface area contributed by atoms with Gasteiger partial charge >= 0.3 is 12.4 Å². The van der Waals surface area contributed by atoms with Gasteiger partial charge in [-0.25, -0.2) is 9.97 Å². The zero-order valence-corrected chi connectivity index (χ0v) is 15.1. The van der Waals surface area contributed by atoms with Gasteiger partial charge in [-0.2, -0.15) is 26.3 Å². The third-order valence-corrected chi connectivity index (χ3v) is 4.56. The summed E-state index contributed by atoms with van der Waals surface area (Å²) in [4.78, 5) is 8.86. The van der Waals surface area contributed by atoms with E-state index < -0.39 is 23.5 Å². The number of nitrogens with zero attached hydrogens (tertiary/aromatic N) is 2. The number of hydrogen-bond donors (Lipinski definition) is 0. The van der Waals surface area contributed by atoms with Crippen LogP contribution >= 0.6 is 0 Å². The summed E-state index contributed by atoms with van der Waals surface area (Å²) in [6.07, 6.45) is -8.92. The molecule has 152 valence electrons. The van der Waals surface area contributed by atoms with Gasteiger partial charge in [-0.1, -0.05) is 42.5 Å². The van der Waals surface area contributed by atoms with Crippen molar-refractivity contribution in [3.05, 3.63) is 83.9 Å². The van der Waals surface area contributed by atoms with Gasteiger partial charge in [0.15, 0.2) is 5.82 Å². The zero-order chi connectivity index (χ0) is 21.5. The molecule has 4 rings (SSSR count). The van der Waals surface area contributed by atoms with Crippen molar-refractivity contribution >= 4 is 10.9 Å². The van der Waals surface area contributed by atoms with Crippen molar-refractivity contribution in [3.8, 4) is 22.6 Å². The predicted molar refractivity (Wildman–Crippen MR) is 100 cm³/mol. The van der Waals surface area contributed by atoms with Crippen LogP contribution in [0.5, 0.6) is 0 Å². The molecule has 0 radical (unpaired) electrons. The minimum absolute atomic E-state index is 0.178. The van der Waals surface area contributed by atoms with Crippen molar-refractivity contribution in [1.29, 1.82) is 0 Å². The van der Waals surface area contributed by atoms with Crippen molar-refractivity contribution < 1.29 is 26.3 Å². The summed E-state index contributed by atoms with van der Waals surface area (Å²) >= 11 is 0. The third-order valence-electron chi connectivity index (χ3n) is 4.56. The molecule has 0 saturated heterocycles. The molecule has 1 aromatic heterocycles. The Kier molecular flexibility index (Phi) is 4.72. The predicted octanol–water partition coefficient (Wildman–Crippen LogP) is 7.00. The maximum atomic E-state index is 12.9. The first-order valence-corrected chi connectivity index (χ1v) is 8.75. The van der Waals surface area contributed by atoms with Crippen LogP contribution in [-0.4, -0.2) is 9.97 Å². The van der Waals surface area contributed by atoms with Gasteiger partial charge in [-0.15, -0.1) is 0 Å². The van der Waals surface area contributed by atoms with Crippen LogP contribution in [0.1, 0.15) is 11.1 Å². The van der Waals surface area contributed by atoms with Gasteiger partial charge in [0.2, 0.25) is 0 Å². The highest BCUT2D eigenvalue weighted by molar-refractivity contribution is 5.93. The van der Waals surface area contributed by atoms with Gasteiger partial charge < -0.3 is 0 Å². The van der Waals surface area contributed by atoms with Crippen LogP contribution in [0.4, 0.5) is 26.3 Å². The molecule has 2 nitrogen and oxygen atoms in total. The van der Waals surface area contributed by atoms with E-state index in [9.17, 15) is 26.3 Å². The molecule has 30 heavy (non-hydrogen) atoms. The quantitative estimate of drug-likeness (QED) is 0.328. The Hall–Kier alpha value is -3.42. The van der Waals surface area contributed by atoms with Crippen LogP contribution < -0.4 is 0 Å². The monoisotopic (exact) mass is 418 g/mol. The second-order valence-electron chi connectivity index (χ2n) is 6.56. The Labute approximate surface area is 166 Å². The highest BCUT2D eigenvalue weighted by atomic mass is 19.4. The fourth-order valence-corrected chi connectivity index (χ4v) is 3.05. The van der Waals surface area contributed by atoms with Crippen molar-refractivity contribution in [2.45, 2.75) is 12.4 Å². The SMILES string of the molecule is FC(F)(F)c1ccc(-c2nc(-c3ccc(C(F)(F)F)cc3)c3ccccc3n2)cc1. The molecule has 0 spiro atoms. The van der Waals surface area contributed by atoms with Gasteiger partial charge in [0.05, 0.1) is 22.3 Å². The molecule has 1 heterocycles. The zero-order valence-electron chi connectivity index (χ0n) is 15.1. The fraction of sp³-hybridized carbons (Fsp3) is 0.0909. The van der Waals surface area contributed by atoms with E-state index in [4.69, 9.17) is 0 Å². The normalized spacial score (nSPS) is 12.3. The Morgan fingerprint density at radius 3 is 1.57 bits per heavy atom. The number of rotatable bonds is 2. The van der Waals surface area contributed by atoms with E-state index >= 15 is 0 Å². The van der Waals surface area contributed by atoms with Gasteiger partial charge in [-0.05, 0) is 30.3 Å². The molecule has 0 bridgehead atoms. The Morgan fingerprint density at radius 1 is 0.533 bits per heavy atom. The van der Waals surface area contributed by atoms with E-state index in [1.807, 2.05) is 0 Å². The number of para-hydroxylation sites is 1. The molecule has 0 aliphatic rings. The largest absolute Gasteiger partial charge is 0.416 e. The number of halogens is 6. The van der Waals surface area contributed by atoms with E-state index in [2.05, 4.69) is 9.97 Å². The maximum Gasteiger partial charge on any atom is 0.416 e. The number of alkyl halides is 6. The van der Waals surface area contributed by atoms with Crippen molar-refractivity contribution in [2.75, 3.05) is 0 Å². The second kappa shape index (κ2) is 7.12. The van der Waals surface area contributed by atoms with Crippen LogP contribution in [0.15, 0.2) is 72.8 Å². The standard InChI is InChI=1S/C22H12F6N2/c23-21(24,25)15-9-5-13(6-10-15)19-17-3-1-2-4-18(17)29-20(30-19)14-7-11-16(12-8-14)22(26,27)28/h1-12H. The van der Waals surface area contributed by atoms with Gasteiger partial charge in [0, 0.05) is 16.5 Å². The van der Waals surface area contributed by atoms with Crippen LogP contribution in [0.25, 0.3) is 33.5 Å². The highest BCUT2D eigenvalue weighted by Crippen LogP contribution is 2.34. The third kappa shape index (κ3) is 3.85. The van der Waals surface area contributed by atoms with Crippen molar-refractivity contribution in [2.24, 2.45) is 0 Å². The lowest BCUT2D eigenvalue weighted by molar-refractivity contribution is -0.138. The number of aromatic nitrogens is 2. The number of hydrogen-bond acceptors (Lipinski definition) is 2. The molecule has 0 amide bonds. The molecule has 0 N–H and O–H groups in total. The minimum atomic E-state index is -4.46. The van der Waals surface area contributed by atoms with Crippen molar-refractivity contribution in [3.63, 3.8) is 0 Å². The maximum absolute atomic E-state index is 12.9. The lowest BCUT2D eigenvalue weighted by atomic mass is 10.0. The average molecular weight is 418 g/mol. The summed E-state index contributed by atoms with van der Waals surface area (Å²) in [5, 5.41) is 0.618. The highest BCUT2D eigenvalue weighted by Gasteiger charge is 2.31. The fourth-order valence-electron chi connectivity index (χ4n) is 3.05. The first-order valence-electron chi connectivity index (χ1n) is 8.75.